The molecule has 0 saturated heterocycles. The SMILES string of the molecule is CCCCC[C@H](OC(c1ccccc1)(c1ccccc1)c1ccccc1)[C@H]1ON=C(c2ccccc2)[C@H]1O. The summed E-state index contributed by atoms with van der Waals surface area (Å²) in [6, 6.07) is 40.7. The Morgan fingerprint density at radius 1 is 0.737 bits per heavy atom. The fourth-order valence-corrected chi connectivity index (χ4v) is 5.32. The molecule has 0 radical (unpaired) electrons. The minimum atomic E-state index is -0.904. The number of hydrogen-bond donors (Lipinski definition) is 1. The summed E-state index contributed by atoms with van der Waals surface area (Å²) in [4.78, 5) is 5.99. The second-order valence-corrected chi connectivity index (χ2v) is 9.79. The van der Waals surface area contributed by atoms with Crippen molar-refractivity contribution in [2.45, 2.75) is 56.5 Å². The van der Waals surface area contributed by atoms with Crippen molar-refractivity contribution in [1.29, 1.82) is 0 Å². The second kappa shape index (κ2) is 12.2. The third-order valence-corrected chi connectivity index (χ3v) is 7.26. The van der Waals surface area contributed by atoms with E-state index in [1.54, 1.807) is 0 Å². The predicted molar refractivity (Wildman–Crippen MR) is 152 cm³/mol. The zero-order valence-electron chi connectivity index (χ0n) is 21.8. The highest BCUT2D eigenvalue weighted by Gasteiger charge is 2.46. The zero-order valence-corrected chi connectivity index (χ0v) is 21.8. The van der Waals surface area contributed by atoms with Gasteiger partial charge in [0.1, 0.15) is 23.5 Å². The van der Waals surface area contributed by atoms with Crippen LogP contribution in [0.1, 0.15) is 54.9 Å². The van der Waals surface area contributed by atoms with Gasteiger partial charge in [-0.15, -0.1) is 0 Å². The predicted octanol–water partition coefficient (Wildman–Crippen LogP) is 7.11. The molecule has 1 aliphatic rings. The molecule has 0 aliphatic carbocycles. The Balaban J connectivity index is 1.60. The molecule has 4 aromatic rings. The average molecular weight is 506 g/mol. The number of oxime groups is 1. The molecule has 0 unspecified atom stereocenters. The summed E-state index contributed by atoms with van der Waals surface area (Å²) < 4.78 is 7.32. The highest BCUT2D eigenvalue weighted by molar-refractivity contribution is 6.04. The Morgan fingerprint density at radius 2 is 1.21 bits per heavy atom. The summed E-state index contributed by atoms with van der Waals surface area (Å²) in [5.41, 5.74) is 3.57. The van der Waals surface area contributed by atoms with Crippen molar-refractivity contribution >= 4 is 5.71 Å². The lowest BCUT2D eigenvalue weighted by molar-refractivity contribution is -0.136. The van der Waals surface area contributed by atoms with Crippen molar-refractivity contribution in [2.24, 2.45) is 5.16 Å². The van der Waals surface area contributed by atoms with E-state index < -0.39 is 23.9 Å². The Morgan fingerprint density at radius 3 is 1.68 bits per heavy atom. The summed E-state index contributed by atoms with van der Waals surface area (Å²) in [6.07, 6.45) is 1.92. The Hall–Kier alpha value is -3.73. The van der Waals surface area contributed by atoms with Crippen molar-refractivity contribution in [1.82, 2.24) is 0 Å². The highest BCUT2D eigenvalue weighted by atomic mass is 16.7. The molecule has 0 saturated carbocycles. The summed E-state index contributed by atoms with van der Waals surface area (Å²) in [7, 11) is 0. The molecule has 1 N–H and O–H groups in total. The van der Waals surface area contributed by atoms with Crippen molar-refractivity contribution in [2.75, 3.05) is 0 Å². The van der Waals surface area contributed by atoms with Crippen LogP contribution in [0.5, 0.6) is 0 Å². The summed E-state index contributed by atoms with van der Waals surface area (Å²) >= 11 is 0. The standard InChI is InChI=1S/C34H35NO3/c1-2-3-8-25-30(33-32(36)31(35-38-33)26-17-9-4-10-18-26)37-34(27-19-11-5-12-20-27,28-21-13-6-14-22-28)29-23-15-7-16-24-29/h4-7,9-24,30,32-33,36H,2-3,8,25H2,1H3/t30-,32+,33+/m0/s1. The van der Waals surface area contributed by atoms with Gasteiger partial charge in [-0.3, -0.25) is 0 Å². The topological polar surface area (TPSA) is 51.0 Å². The number of aliphatic hydroxyl groups excluding tert-OH is 1. The van der Waals surface area contributed by atoms with Gasteiger partial charge in [0.05, 0.1) is 0 Å². The molecule has 1 heterocycles. The largest absolute Gasteiger partial charge is 0.386 e. The first-order valence-electron chi connectivity index (χ1n) is 13.6. The number of aliphatic hydroxyl groups is 1. The molecule has 194 valence electrons. The zero-order chi connectivity index (χ0) is 26.2. The molecule has 38 heavy (non-hydrogen) atoms. The lowest BCUT2D eigenvalue weighted by Gasteiger charge is -2.40. The van der Waals surface area contributed by atoms with Gasteiger partial charge in [-0.2, -0.15) is 0 Å². The van der Waals surface area contributed by atoms with E-state index in [2.05, 4.69) is 48.5 Å². The monoisotopic (exact) mass is 505 g/mol. The summed E-state index contributed by atoms with van der Waals surface area (Å²) in [5, 5.41) is 15.9. The molecule has 1 aliphatic heterocycles. The quantitative estimate of drug-likeness (QED) is 0.175. The smallest absolute Gasteiger partial charge is 0.185 e. The lowest BCUT2D eigenvalue weighted by atomic mass is 9.79. The molecule has 0 amide bonds. The molecular weight excluding hydrogens is 470 g/mol. The van der Waals surface area contributed by atoms with Crippen LogP contribution in [0.25, 0.3) is 0 Å². The van der Waals surface area contributed by atoms with Crippen molar-refractivity contribution < 1.29 is 14.7 Å². The van der Waals surface area contributed by atoms with Gasteiger partial charge in [-0.25, -0.2) is 0 Å². The van der Waals surface area contributed by atoms with Gasteiger partial charge in [-0.05, 0) is 23.1 Å². The van der Waals surface area contributed by atoms with E-state index in [4.69, 9.17) is 9.57 Å². The van der Waals surface area contributed by atoms with Crippen LogP contribution in [0.15, 0.2) is 126 Å². The van der Waals surface area contributed by atoms with Gasteiger partial charge in [-0.1, -0.05) is 153 Å². The van der Waals surface area contributed by atoms with Crippen LogP contribution in [0.2, 0.25) is 0 Å². The van der Waals surface area contributed by atoms with Gasteiger partial charge in [0, 0.05) is 5.56 Å². The number of ether oxygens (including phenoxy) is 1. The molecular formula is C34H35NO3. The van der Waals surface area contributed by atoms with Crippen LogP contribution >= 0.6 is 0 Å². The van der Waals surface area contributed by atoms with E-state index in [1.165, 1.54) is 0 Å². The van der Waals surface area contributed by atoms with Crippen molar-refractivity contribution in [3.63, 3.8) is 0 Å². The first-order valence-corrected chi connectivity index (χ1v) is 13.6. The molecule has 5 rings (SSSR count). The second-order valence-electron chi connectivity index (χ2n) is 9.79. The van der Waals surface area contributed by atoms with E-state index in [0.717, 1.165) is 47.9 Å². The van der Waals surface area contributed by atoms with E-state index in [9.17, 15) is 5.11 Å². The molecule has 0 aromatic heterocycles. The maximum atomic E-state index is 11.5. The number of nitrogens with zero attached hydrogens (tertiary/aromatic N) is 1. The minimum absolute atomic E-state index is 0.415. The van der Waals surface area contributed by atoms with Crippen LogP contribution in [0.4, 0.5) is 0 Å². The Bertz CT molecular complexity index is 1200. The number of benzene rings is 4. The average Bonchev–Trinajstić information content (AvgIpc) is 3.38. The Labute approximate surface area is 225 Å². The van der Waals surface area contributed by atoms with Crippen LogP contribution in [0.3, 0.4) is 0 Å². The first-order chi connectivity index (χ1) is 18.7. The fourth-order valence-electron chi connectivity index (χ4n) is 5.32. The van der Waals surface area contributed by atoms with E-state index >= 15 is 0 Å². The van der Waals surface area contributed by atoms with E-state index in [1.807, 2.05) is 84.9 Å². The molecule has 4 aromatic carbocycles. The van der Waals surface area contributed by atoms with Crippen molar-refractivity contribution in [3.8, 4) is 0 Å². The summed E-state index contributed by atoms with van der Waals surface area (Å²) in [5.74, 6) is 0. The van der Waals surface area contributed by atoms with Crippen LogP contribution in [0, 0.1) is 0 Å². The molecule has 3 atom stereocenters. The van der Waals surface area contributed by atoms with Crippen LogP contribution < -0.4 is 0 Å². The lowest BCUT2D eigenvalue weighted by Crippen LogP contribution is -2.46. The molecule has 0 bridgehead atoms. The third kappa shape index (κ3) is 5.28. The third-order valence-electron chi connectivity index (χ3n) is 7.26. The fraction of sp³-hybridized carbons (Fsp3) is 0.265. The van der Waals surface area contributed by atoms with Gasteiger partial charge in [0.15, 0.2) is 6.10 Å². The van der Waals surface area contributed by atoms with E-state index in [-0.39, 0.29) is 0 Å². The van der Waals surface area contributed by atoms with Gasteiger partial charge in [0.25, 0.3) is 0 Å². The number of rotatable bonds is 11. The molecule has 4 heteroatoms. The van der Waals surface area contributed by atoms with Crippen molar-refractivity contribution in [3.05, 3.63) is 144 Å². The van der Waals surface area contributed by atoms with E-state index in [0.29, 0.717) is 5.71 Å². The Kier molecular flexibility index (Phi) is 8.32. The number of hydrogen-bond acceptors (Lipinski definition) is 4. The van der Waals surface area contributed by atoms with Gasteiger partial charge < -0.3 is 14.7 Å². The highest BCUT2D eigenvalue weighted by Crippen LogP contribution is 2.43. The first kappa shape index (κ1) is 25.9. The summed E-state index contributed by atoms with van der Waals surface area (Å²) in [6.45, 7) is 2.19. The normalized spacial score (nSPS) is 18.0. The molecule has 4 nitrogen and oxygen atoms in total. The maximum absolute atomic E-state index is 11.5. The van der Waals surface area contributed by atoms with Gasteiger partial charge >= 0.3 is 0 Å². The molecule has 0 fully saturated rings. The van der Waals surface area contributed by atoms with Gasteiger partial charge in [0.2, 0.25) is 0 Å². The number of unbranched alkanes of at least 4 members (excludes halogenated alkanes) is 2. The van der Waals surface area contributed by atoms with Crippen LogP contribution in [-0.4, -0.2) is 29.1 Å². The van der Waals surface area contributed by atoms with Crippen LogP contribution in [-0.2, 0) is 15.2 Å². The molecule has 0 spiro atoms. The maximum Gasteiger partial charge on any atom is 0.185 e. The minimum Gasteiger partial charge on any atom is -0.386 e.